The Balaban J connectivity index is 2.11. The molecule has 0 aliphatic rings. The zero-order valence-electron chi connectivity index (χ0n) is 11.2. The molecule has 1 amide bonds. The molecular weight excluding hydrogens is 244 g/mol. The number of amides is 1. The molecule has 0 aliphatic heterocycles. The molecule has 1 aromatic carbocycles. The molecule has 5 nitrogen and oxygen atoms in total. The van der Waals surface area contributed by atoms with Crippen LogP contribution in [-0.4, -0.2) is 37.8 Å². The minimum atomic E-state index is -0.0302. The Kier molecular flexibility index (Phi) is 4.41. The second-order valence-electron chi connectivity index (χ2n) is 4.18. The SMILES string of the molecule is COCCNC(=O)Cn1ccc2c(OC)cccc21. The lowest BCUT2D eigenvalue weighted by Crippen LogP contribution is -2.30. The highest BCUT2D eigenvalue weighted by Crippen LogP contribution is 2.25. The molecule has 0 aliphatic carbocycles. The molecule has 0 atom stereocenters. The molecule has 5 heteroatoms. The summed E-state index contributed by atoms with van der Waals surface area (Å²) < 4.78 is 12.1. The molecule has 19 heavy (non-hydrogen) atoms. The molecule has 0 unspecified atom stereocenters. The van der Waals surface area contributed by atoms with Gasteiger partial charge >= 0.3 is 0 Å². The van der Waals surface area contributed by atoms with Crippen LogP contribution < -0.4 is 10.1 Å². The number of hydrogen-bond acceptors (Lipinski definition) is 3. The number of aromatic nitrogens is 1. The molecule has 1 heterocycles. The van der Waals surface area contributed by atoms with Gasteiger partial charge in [-0.05, 0) is 18.2 Å². The third-order valence-corrected chi connectivity index (χ3v) is 2.94. The van der Waals surface area contributed by atoms with Gasteiger partial charge in [0.2, 0.25) is 5.91 Å². The van der Waals surface area contributed by atoms with Crippen LogP contribution in [0.1, 0.15) is 0 Å². The van der Waals surface area contributed by atoms with E-state index in [4.69, 9.17) is 9.47 Å². The van der Waals surface area contributed by atoms with Gasteiger partial charge < -0.3 is 19.4 Å². The van der Waals surface area contributed by atoms with Gasteiger partial charge in [0.05, 0.1) is 19.2 Å². The van der Waals surface area contributed by atoms with Crippen molar-refractivity contribution in [2.45, 2.75) is 6.54 Å². The number of carbonyl (C=O) groups excluding carboxylic acids is 1. The molecule has 2 aromatic rings. The molecule has 0 saturated heterocycles. The van der Waals surface area contributed by atoms with Crippen LogP contribution in [0.5, 0.6) is 5.75 Å². The standard InChI is InChI=1S/C14H18N2O3/c1-18-9-7-15-14(17)10-16-8-6-11-12(16)4-3-5-13(11)19-2/h3-6,8H,7,9-10H2,1-2H3,(H,15,17). The minimum absolute atomic E-state index is 0.0302. The van der Waals surface area contributed by atoms with Crippen LogP contribution in [0.4, 0.5) is 0 Å². The quantitative estimate of drug-likeness (QED) is 0.801. The number of ether oxygens (including phenoxy) is 2. The van der Waals surface area contributed by atoms with Gasteiger partial charge in [-0.3, -0.25) is 4.79 Å². The van der Waals surface area contributed by atoms with Gasteiger partial charge in [-0.25, -0.2) is 0 Å². The lowest BCUT2D eigenvalue weighted by atomic mass is 10.2. The number of benzene rings is 1. The smallest absolute Gasteiger partial charge is 0.240 e. The molecule has 0 bridgehead atoms. The largest absolute Gasteiger partial charge is 0.496 e. The van der Waals surface area contributed by atoms with Crippen LogP contribution in [0.2, 0.25) is 0 Å². The first kappa shape index (κ1) is 13.4. The molecule has 0 spiro atoms. The maximum absolute atomic E-state index is 11.8. The Morgan fingerprint density at radius 3 is 2.89 bits per heavy atom. The lowest BCUT2D eigenvalue weighted by Gasteiger charge is -2.07. The summed E-state index contributed by atoms with van der Waals surface area (Å²) in [6.07, 6.45) is 1.89. The number of rotatable bonds is 6. The number of nitrogens with one attached hydrogen (secondary N) is 1. The highest BCUT2D eigenvalue weighted by Gasteiger charge is 2.08. The number of hydrogen-bond donors (Lipinski definition) is 1. The Hall–Kier alpha value is -2.01. The number of fused-ring (bicyclic) bond motifs is 1. The molecule has 102 valence electrons. The predicted molar refractivity (Wildman–Crippen MR) is 73.4 cm³/mol. The predicted octanol–water partition coefficient (Wildman–Crippen LogP) is 1.41. The summed E-state index contributed by atoms with van der Waals surface area (Å²) in [5.74, 6) is 0.786. The van der Waals surface area contributed by atoms with Crippen LogP contribution in [0.15, 0.2) is 30.5 Å². The summed E-state index contributed by atoms with van der Waals surface area (Å²) in [4.78, 5) is 11.8. The Labute approximate surface area is 112 Å². The summed E-state index contributed by atoms with van der Waals surface area (Å²) in [7, 11) is 3.25. The fourth-order valence-electron chi connectivity index (χ4n) is 2.01. The zero-order valence-corrected chi connectivity index (χ0v) is 11.2. The normalized spacial score (nSPS) is 10.6. The third kappa shape index (κ3) is 3.06. The molecule has 1 N–H and O–H groups in total. The molecule has 0 fully saturated rings. The summed E-state index contributed by atoms with van der Waals surface area (Å²) >= 11 is 0. The van der Waals surface area contributed by atoms with E-state index in [1.54, 1.807) is 14.2 Å². The first-order chi connectivity index (χ1) is 9.26. The van der Waals surface area contributed by atoms with E-state index in [0.29, 0.717) is 19.7 Å². The van der Waals surface area contributed by atoms with E-state index in [-0.39, 0.29) is 5.91 Å². The average molecular weight is 262 g/mol. The van der Waals surface area contributed by atoms with Crippen molar-refractivity contribution in [3.05, 3.63) is 30.5 Å². The van der Waals surface area contributed by atoms with E-state index in [2.05, 4.69) is 5.32 Å². The maximum atomic E-state index is 11.8. The van der Waals surface area contributed by atoms with Gasteiger partial charge in [0, 0.05) is 25.2 Å². The fourth-order valence-corrected chi connectivity index (χ4v) is 2.01. The van der Waals surface area contributed by atoms with Crippen molar-refractivity contribution in [1.82, 2.24) is 9.88 Å². The van der Waals surface area contributed by atoms with Crippen LogP contribution in [-0.2, 0) is 16.1 Å². The van der Waals surface area contributed by atoms with Gasteiger partial charge in [0.15, 0.2) is 0 Å². The molecule has 0 saturated carbocycles. The molecule has 0 radical (unpaired) electrons. The Morgan fingerprint density at radius 1 is 1.32 bits per heavy atom. The van der Waals surface area contributed by atoms with Crippen molar-refractivity contribution in [3.8, 4) is 5.75 Å². The Morgan fingerprint density at radius 2 is 2.16 bits per heavy atom. The monoisotopic (exact) mass is 262 g/mol. The Bertz CT molecular complexity index is 563. The van der Waals surface area contributed by atoms with Gasteiger partial charge in [0.25, 0.3) is 0 Å². The van der Waals surface area contributed by atoms with Gasteiger partial charge in [-0.1, -0.05) is 6.07 Å². The highest BCUT2D eigenvalue weighted by molar-refractivity contribution is 5.88. The second kappa shape index (κ2) is 6.24. The van der Waals surface area contributed by atoms with E-state index in [1.807, 2.05) is 35.0 Å². The summed E-state index contributed by atoms with van der Waals surface area (Å²) in [5.41, 5.74) is 0.987. The lowest BCUT2D eigenvalue weighted by molar-refractivity contribution is -0.121. The van der Waals surface area contributed by atoms with Crippen molar-refractivity contribution < 1.29 is 14.3 Å². The summed E-state index contributed by atoms with van der Waals surface area (Å²) in [5, 5.41) is 3.81. The zero-order chi connectivity index (χ0) is 13.7. The third-order valence-electron chi connectivity index (χ3n) is 2.94. The van der Waals surface area contributed by atoms with Gasteiger partial charge in [-0.2, -0.15) is 0 Å². The molecule has 2 rings (SSSR count). The molecular formula is C14H18N2O3. The van der Waals surface area contributed by atoms with E-state index in [1.165, 1.54) is 0 Å². The maximum Gasteiger partial charge on any atom is 0.240 e. The van der Waals surface area contributed by atoms with Crippen LogP contribution in [0.3, 0.4) is 0 Å². The van der Waals surface area contributed by atoms with Crippen molar-refractivity contribution in [2.24, 2.45) is 0 Å². The van der Waals surface area contributed by atoms with E-state index >= 15 is 0 Å². The number of methoxy groups -OCH3 is 2. The fraction of sp³-hybridized carbons (Fsp3) is 0.357. The topological polar surface area (TPSA) is 52.5 Å². The van der Waals surface area contributed by atoms with Crippen molar-refractivity contribution >= 4 is 16.8 Å². The summed E-state index contributed by atoms with van der Waals surface area (Å²) in [6.45, 7) is 1.34. The first-order valence-electron chi connectivity index (χ1n) is 6.13. The van der Waals surface area contributed by atoms with Crippen LogP contribution >= 0.6 is 0 Å². The number of carbonyl (C=O) groups is 1. The van der Waals surface area contributed by atoms with Crippen LogP contribution in [0.25, 0.3) is 10.9 Å². The second-order valence-corrected chi connectivity index (χ2v) is 4.18. The van der Waals surface area contributed by atoms with Gasteiger partial charge in [-0.15, -0.1) is 0 Å². The van der Waals surface area contributed by atoms with Crippen molar-refractivity contribution in [3.63, 3.8) is 0 Å². The van der Waals surface area contributed by atoms with E-state index < -0.39 is 0 Å². The molecule has 1 aromatic heterocycles. The minimum Gasteiger partial charge on any atom is -0.496 e. The average Bonchev–Trinajstić information content (AvgIpc) is 2.82. The van der Waals surface area contributed by atoms with E-state index in [0.717, 1.165) is 16.7 Å². The van der Waals surface area contributed by atoms with Crippen molar-refractivity contribution in [2.75, 3.05) is 27.4 Å². The van der Waals surface area contributed by atoms with Crippen LogP contribution in [0, 0.1) is 0 Å². The van der Waals surface area contributed by atoms with Crippen molar-refractivity contribution in [1.29, 1.82) is 0 Å². The first-order valence-corrected chi connectivity index (χ1v) is 6.13. The summed E-state index contributed by atoms with van der Waals surface area (Å²) in [6, 6.07) is 7.75. The highest BCUT2D eigenvalue weighted by atomic mass is 16.5. The van der Waals surface area contributed by atoms with E-state index in [9.17, 15) is 4.79 Å². The van der Waals surface area contributed by atoms with Gasteiger partial charge in [0.1, 0.15) is 12.3 Å². The number of nitrogens with zero attached hydrogens (tertiary/aromatic N) is 1.